The van der Waals surface area contributed by atoms with Crippen molar-refractivity contribution in [1.29, 1.82) is 0 Å². The number of rotatable bonds is 6. The van der Waals surface area contributed by atoms with Crippen LogP contribution in [0.5, 0.6) is 5.75 Å². The molecule has 0 spiro atoms. The van der Waals surface area contributed by atoms with Gasteiger partial charge in [-0.1, -0.05) is 29.3 Å². The molecule has 134 valence electrons. The van der Waals surface area contributed by atoms with E-state index in [1.807, 2.05) is 0 Å². The van der Waals surface area contributed by atoms with Crippen LogP contribution in [0.4, 0.5) is 5.95 Å². The fourth-order valence-corrected chi connectivity index (χ4v) is 3.19. The minimum Gasteiger partial charge on any atom is -0.486 e. The van der Waals surface area contributed by atoms with Crippen LogP contribution in [0.3, 0.4) is 0 Å². The Morgan fingerprint density at radius 2 is 1.68 bits per heavy atom. The number of aliphatic hydroxyl groups excluding tert-OH is 1. The number of aromatic nitrogens is 2. The molecule has 1 saturated heterocycles. The van der Waals surface area contributed by atoms with Crippen molar-refractivity contribution in [2.75, 3.05) is 44.2 Å². The highest BCUT2D eigenvalue weighted by Gasteiger charge is 2.18. The Balaban J connectivity index is 1.56. The van der Waals surface area contributed by atoms with Crippen LogP contribution < -0.4 is 9.64 Å². The number of anilines is 1. The molecule has 2 heterocycles. The molecule has 8 heteroatoms. The zero-order valence-corrected chi connectivity index (χ0v) is 15.2. The molecule has 6 nitrogen and oxygen atoms in total. The lowest BCUT2D eigenvalue weighted by atomic mass is 10.2. The Morgan fingerprint density at radius 1 is 1.04 bits per heavy atom. The normalized spacial score (nSPS) is 15.4. The van der Waals surface area contributed by atoms with Gasteiger partial charge in [0.25, 0.3) is 0 Å². The van der Waals surface area contributed by atoms with Crippen molar-refractivity contribution in [1.82, 2.24) is 14.9 Å². The van der Waals surface area contributed by atoms with Gasteiger partial charge in [-0.15, -0.1) is 0 Å². The molecular weight excluding hydrogens is 363 g/mol. The zero-order chi connectivity index (χ0) is 17.6. The Kier molecular flexibility index (Phi) is 6.31. The van der Waals surface area contributed by atoms with E-state index in [2.05, 4.69) is 19.8 Å². The van der Waals surface area contributed by atoms with Crippen molar-refractivity contribution >= 4 is 29.2 Å². The molecule has 1 aromatic carbocycles. The van der Waals surface area contributed by atoms with E-state index < -0.39 is 0 Å². The molecule has 1 N–H and O–H groups in total. The van der Waals surface area contributed by atoms with Crippen molar-refractivity contribution in [3.63, 3.8) is 0 Å². The summed E-state index contributed by atoms with van der Waals surface area (Å²) in [5.74, 6) is 1.26. The lowest BCUT2D eigenvalue weighted by Gasteiger charge is -2.34. The first-order chi connectivity index (χ1) is 12.2. The molecule has 0 saturated carbocycles. The fraction of sp³-hybridized carbons (Fsp3) is 0.412. The number of hydrogen-bond donors (Lipinski definition) is 1. The predicted molar refractivity (Wildman–Crippen MR) is 98.6 cm³/mol. The SMILES string of the molecule is OCCN1CCN(c2ncc(OCc3c(Cl)cccc3Cl)cn2)CC1. The summed E-state index contributed by atoms with van der Waals surface area (Å²) in [4.78, 5) is 13.1. The van der Waals surface area contributed by atoms with Gasteiger partial charge >= 0.3 is 0 Å². The molecule has 0 unspecified atom stereocenters. The summed E-state index contributed by atoms with van der Waals surface area (Å²) in [7, 11) is 0. The lowest BCUT2D eigenvalue weighted by molar-refractivity contribution is 0.188. The monoisotopic (exact) mass is 382 g/mol. The molecule has 2 aromatic rings. The summed E-state index contributed by atoms with van der Waals surface area (Å²) in [5.41, 5.74) is 0.745. The van der Waals surface area contributed by atoms with Gasteiger partial charge in [-0.05, 0) is 12.1 Å². The summed E-state index contributed by atoms with van der Waals surface area (Å²) >= 11 is 12.3. The third-order valence-corrected chi connectivity index (χ3v) is 4.84. The summed E-state index contributed by atoms with van der Waals surface area (Å²) < 4.78 is 5.70. The Morgan fingerprint density at radius 3 is 2.28 bits per heavy atom. The third-order valence-electron chi connectivity index (χ3n) is 4.13. The smallest absolute Gasteiger partial charge is 0.225 e. The topological polar surface area (TPSA) is 61.7 Å². The van der Waals surface area contributed by atoms with Gasteiger partial charge in [0.2, 0.25) is 5.95 Å². The molecule has 1 aliphatic rings. The Labute approximate surface area is 157 Å². The zero-order valence-electron chi connectivity index (χ0n) is 13.7. The molecule has 3 rings (SSSR count). The molecule has 0 bridgehead atoms. The average molecular weight is 383 g/mol. The molecule has 1 aliphatic heterocycles. The van der Waals surface area contributed by atoms with Gasteiger partial charge in [0, 0.05) is 48.3 Å². The maximum Gasteiger partial charge on any atom is 0.225 e. The molecular formula is C17H20Cl2N4O2. The lowest BCUT2D eigenvalue weighted by Crippen LogP contribution is -2.47. The van der Waals surface area contributed by atoms with Gasteiger partial charge in [0.15, 0.2) is 5.75 Å². The van der Waals surface area contributed by atoms with Crippen LogP contribution in [0.15, 0.2) is 30.6 Å². The van der Waals surface area contributed by atoms with Crippen LogP contribution in [-0.4, -0.2) is 59.3 Å². The van der Waals surface area contributed by atoms with Crippen LogP contribution in [0, 0.1) is 0 Å². The van der Waals surface area contributed by atoms with Gasteiger partial charge in [-0.25, -0.2) is 9.97 Å². The number of β-amino-alcohol motifs (C(OH)–C–C–N with tert-alkyl or cyclic N) is 1. The van der Waals surface area contributed by atoms with E-state index in [0.29, 0.717) is 28.3 Å². The number of hydrogen-bond acceptors (Lipinski definition) is 6. The summed E-state index contributed by atoms with van der Waals surface area (Å²) in [5, 5.41) is 10.1. The Hall–Kier alpha value is -1.60. The van der Waals surface area contributed by atoms with E-state index in [9.17, 15) is 0 Å². The van der Waals surface area contributed by atoms with Crippen LogP contribution >= 0.6 is 23.2 Å². The van der Waals surface area contributed by atoms with Crippen LogP contribution in [0.25, 0.3) is 0 Å². The fourth-order valence-electron chi connectivity index (χ4n) is 2.69. The van der Waals surface area contributed by atoms with Crippen molar-refractivity contribution in [2.45, 2.75) is 6.61 Å². The standard InChI is InChI=1S/C17H20Cl2N4O2/c18-15-2-1-3-16(19)14(15)12-25-13-10-20-17(21-11-13)23-6-4-22(5-7-23)8-9-24/h1-3,10-11,24H,4-9,12H2. The number of ether oxygens (including phenoxy) is 1. The number of aliphatic hydroxyl groups is 1. The number of halogens is 2. The Bertz CT molecular complexity index is 671. The van der Waals surface area contributed by atoms with Crippen molar-refractivity contribution in [2.24, 2.45) is 0 Å². The number of piperazine rings is 1. The van der Waals surface area contributed by atoms with E-state index >= 15 is 0 Å². The average Bonchev–Trinajstić information content (AvgIpc) is 2.63. The minimum atomic E-state index is 0.192. The van der Waals surface area contributed by atoms with Crippen LogP contribution in [0.2, 0.25) is 10.0 Å². The maximum atomic E-state index is 8.99. The highest BCUT2D eigenvalue weighted by atomic mass is 35.5. The first-order valence-electron chi connectivity index (χ1n) is 8.13. The highest BCUT2D eigenvalue weighted by Crippen LogP contribution is 2.25. The largest absolute Gasteiger partial charge is 0.486 e. The van der Waals surface area contributed by atoms with Gasteiger partial charge in [-0.2, -0.15) is 0 Å². The number of benzene rings is 1. The van der Waals surface area contributed by atoms with E-state index in [0.717, 1.165) is 31.7 Å². The maximum absolute atomic E-state index is 8.99. The second-order valence-corrected chi connectivity index (χ2v) is 6.57. The first-order valence-corrected chi connectivity index (χ1v) is 8.89. The van der Waals surface area contributed by atoms with E-state index in [1.165, 1.54) is 0 Å². The van der Waals surface area contributed by atoms with E-state index in [-0.39, 0.29) is 13.2 Å². The van der Waals surface area contributed by atoms with Crippen LogP contribution in [-0.2, 0) is 6.61 Å². The summed E-state index contributed by atoms with van der Waals surface area (Å²) in [6, 6.07) is 5.36. The second-order valence-electron chi connectivity index (χ2n) is 5.76. The predicted octanol–water partition coefficient (Wildman–Crippen LogP) is 2.48. The van der Waals surface area contributed by atoms with Gasteiger partial charge in [0.1, 0.15) is 6.61 Å². The number of nitrogens with zero attached hydrogens (tertiary/aromatic N) is 4. The summed E-state index contributed by atoms with van der Waals surface area (Å²) in [6.07, 6.45) is 3.32. The molecule has 1 aromatic heterocycles. The van der Waals surface area contributed by atoms with Crippen LogP contribution in [0.1, 0.15) is 5.56 Å². The summed E-state index contributed by atoms with van der Waals surface area (Å²) in [6.45, 7) is 4.65. The third kappa shape index (κ3) is 4.73. The minimum absolute atomic E-state index is 0.192. The van der Waals surface area contributed by atoms with Gasteiger partial charge in [-0.3, -0.25) is 4.90 Å². The molecule has 1 fully saturated rings. The van der Waals surface area contributed by atoms with E-state index in [4.69, 9.17) is 33.0 Å². The molecule has 0 amide bonds. The van der Waals surface area contributed by atoms with Crippen molar-refractivity contribution < 1.29 is 9.84 Å². The van der Waals surface area contributed by atoms with Crippen molar-refractivity contribution in [3.8, 4) is 5.75 Å². The molecule has 0 radical (unpaired) electrons. The molecule has 25 heavy (non-hydrogen) atoms. The molecule has 0 aliphatic carbocycles. The van der Waals surface area contributed by atoms with Gasteiger partial charge < -0.3 is 14.7 Å². The van der Waals surface area contributed by atoms with Crippen molar-refractivity contribution in [3.05, 3.63) is 46.2 Å². The van der Waals surface area contributed by atoms with E-state index in [1.54, 1.807) is 30.6 Å². The first kappa shape index (κ1) is 18.2. The quantitative estimate of drug-likeness (QED) is 0.827. The second kappa shape index (κ2) is 8.67. The van der Waals surface area contributed by atoms with Gasteiger partial charge in [0.05, 0.1) is 19.0 Å². The highest BCUT2D eigenvalue weighted by molar-refractivity contribution is 6.35. The molecule has 0 atom stereocenters.